The Kier molecular flexibility index (Phi) is 11.1. The van der Waals surface area contributed by atoms with E-state index in [0.29, 0.717) is 37.9 Å². The smallest absolute Gasteiger partial charge is 0.246 e. The summed E-state index contributed by atoms with van der Waals surface area (Å²) >= 11 is 0. The van der Waals surface area contributed by atoms with Crippen LogP contribution in [0.3, 0.4) is 0 Å². The van der Waals surface area contributed by atoms with Crippen molar-refractivity contribution in [2.24, 2.45) is 17.4 Å². The molecule has 0 saturated carbocycles. The molecule has 0 radical (unpaired) electrons. The molecule has 0 aliphatic carbocycles. The average molecular weight is 631 g/mol. The molecule has 8 nitrogen and oxygen atoms in total. The summed E-state index contributed by atoms with van der Waals surface area (Å²) in [5.74, 6) is -2.56. The van der Waals surface area contributed by atoms with E-state index in [1.165, 1.54) is 23.1 Å². The van der Waals surface area contributed by atoms with Gasteiger partial charge in [0.05, 0.1) is 23.6 Å². The van der Waals surface area contributed by atoms with E-state index in [2.05, 4.69) is 0 Å². The molecule has 246 valence electrons. The maximum Gasteiger partial charge on any atom is 0.246 e. The zero-order valence-corrected chi connectivity index (χ0v) is 27.3. The van der Waals surface area contributed by atoms with Crippen LogP contribution in [0, 0.1) is 11.7 Å². The van der Waals surface area contributed by atoms with E-state index in [0.717, 1.165) is 16.3 Å². The molecule has 4 rings (SSSR count). The lowest BCUT2D eigenvalue weighted by Crippen LogP contribution is -2.63. The molecule has 0 bridgehead atoms. The van der Waals surface area contributed by atoms with Crippen LogP contribution in [0.15, 0.2) is 78.9 Å². The summed E-state index contributed by atoms with van der Waals surface area (Å²) in [6.45, 7) is 5.95. The number of halogens is 1. The highest BCUT2D eigenvalue weighted by Gasteiger charge is 2.47. The van der Waals surface area contributed by atoms with E-state index in [-0.39, 0.29) is 24.7 Å². The number of likely N-dealkylation sites (N-methyl/N-ethyl adjacent to an activating group) is 1. The molecule has 0 spiro atoms. The number of aliphatic hydroxyl groups is 1. The summed E-state index contributed by atoms with van der Waals surface area (Å²) in [5, 5.41) is 12.1. The van der Waals surface area contributed by atoms with Crippen LogP contribution in [0.25, 0.3) is 10.8 Å². The summed E-state index contributed by atoms with van der Waals surface area (Å²) in [6.07, 6.45) is 4.23. The molecular formula is C37H47FN4O4. The third kappa shape index (κ3) is 8.87. The molecule has 1 unspecified atom stereocenters. The zero-order chi connectivity index (χ0) is 33.6. The second-order valence-corrected chi connectivity index (χ2v) is 13.5. The first-order valence-electron chi connectivity index (χ1n) is 15.9. The van der Waals surface area contributed by atoms with Crippen molar-refractivity contribution < 1.29 is 23.9 Å². The first kappa shape index (κ1) is 34.9. The number of likely N-dealkylation sites (tertiary alicyclic amines) is 1. The molecule has 1 aliphatic heterocycles. The van der Waals surface area contributed by atoms with E-state index < -0.39 is 40.7 Å². The van der Waals surface area contributed by atoms with Gasteiger partial charge in [0.25, 0.3) is 0 Å². The number of fused-ring (bicyclic) bond motifs is 1. The largest absolute Gasteiger partial charge is 0.393 e. The van der Waals surface area contributed by atoms with Gasteiger partial charge < -0.3 is 26.4 Å². The third-order valence-electron chi connectivity index (χ3n) is 8.95. The summed E-state index contributed by atoms with van der Waals surface area (Å²) in [6, 6.07) is 18.6. The second-order valence-electron chi connectivity index (χ2n) is 13.5. The molecule has 46 heavy (non-hydrogen) atoms. The molecular weight excluding hydrogens is 583 g/mol. The Labute approximate surface area is 271 Å². The van der Waals surface area contributed by atoms with Gasteiger partial charge >= 0.3 is 0 Å². The molecule has 1 heterocycles. The molecule has 9 heteroatoms. The zero-order valence-electron chi connectivity index (χ0n) is 27.3. The van der Waals surface area contributed by atoms with E-state index in [1.54, 1.807) is 37.1 Å². The number of ketones is 1. The number of benzene rings is 3. The van der Waals surface area contributed by atoms with Crippen molar-refractivity contribution in [3.8, 4) is 0 Å². The SMILES string of the molecule is CN(C(=O)/C=C/CC(C)(C)N)[C@H](Cc1ccc2ccccc2c1)C(=O)C(C)(N)[C@H](Cc1ccc(F)cc1)C(=O)N1CCC(O)CC1. The number of piperidine rings is 1. The van der Waals surface area contributed by atoms with Gasteiger partial charge in [-0.05, 0) is 86.6 Å². The quantitative estimate of drug-likeness (QED) is 0.258. The Hall–Kier alpha value is -3.92. The van der Waals surface area contributed by atoms with Crippen molar-refractivity contribution >= 4 is 28.4 Å². The van der Waals surface area contributed by atoms with Crippen LogP contribution in [0.2, 0.25) is 0 Å². The number of rotatable bonds is 12. The van der Waals surface area contributed by atoms with Crippen LogP contribution in [0.1, 0.15) is 51.2 Å². The summed E-state index contributed by atoms with van der Waals surface area (Å²) < 4.78 is 13.8. The standard InChI is InChI=1S/C37H47FN4O4/c1-36(2,39)19-7-10-33(44)41(4)32(24-26-11-14-27-8-5-6-9-28(27)22-26)34(45)37(3,40)31(23-25-12-15-29(38)16-13-25)35(46)42-20-17-30(43)18-21-42/h5-16,22,30-32,43H,17-21,23-24,39-40H2,1-4H3/b10-7+/t31-,32-,37?/m1/s1. The van der Waals surface area contributed by atoms with Crippen LogP contribution in [-0.4, -0.2) is 75.9 Å². The third-order valence-corrected chi connectivity index (χ3v) is 8.95. The number of amides is 2. The lowest BCUT2D eigenvalue weighted by atomic mass is 9.74. The topological polar surface area (TPSA) is 130 Å². The summed E-state index contributed by atoms with van der Waals surface area (Å²) in [7, 11) is 1.57. The van der Waals surface area contributed by atoms with Crippen molar-refractivity contribution in [1.29, 1.82) is 0 Å². The van der Waals surface area contributed by atoms with Gasteiger partial charge in [0.1, 0.15) is 5.82 Å². The molecule has 3 atom stereocenters. The molecule has 3 aromatic rings. The minimum absolute atomic E-state index is 0.0999. The van der Waals surface area contributed by atoms with Crippen LogP contribution in [-0.2, 0) is 27.2 Å². The normalized spacial score (nSPS) is 17.1. The minimum Gasteiger partial charge on any atom is -0.393 e. The van der Waals surface area contributed by atoms with Crippen LogP contribution >= 0.6 is 0 Å². The Morgan fingerprint density at radius 2 is 1.57 bits per heavy atom. The van der Waals surface area contributed by atoms with E-state index in [4.69, 9.17) is 11.5 Å². The average Bonchev–Trinajstić information content (AvgIpc) is 3.02. The maximum absolute atomic E-state index is 14.7. The predicted octanol–water partition coefficient (Wildman–Crippen LogP) is 4.16. The van der Waals surface area contributed by atoms with E-state index in [9.17, 15) is 23.9 Å². The molecule has 1 aliphatic rings. The fraction of sp³-hybridized carbons (Fsp3) is 0.432. The monoisotopic (exact) mass is 630 g/mol. The summed E-state index contributed by atoms with van der Waals surface area (Å²) in [4.78, 5) is 45.3. The fourth-order valence-electron chi connectivity index (χ4n) is 5.98. The first-order valence-corrected chi connectivity index (χ1v) is 15.9. The van der Waals surface area contributed by atoms with Gasteiger partial charge in [0, 0.05) is 32.1 Å². The number of nitrogens with two attached hydrogens (primary N) is 2. The number of hydrogen-bond acceptors (Lipinski definition) is 6. The Bertz CT molecular complexity index is 1560. The Balaban J connectivity index is 1.71. The minimum atomic E-state index is -1.71. The Morgan fingerprint density at radius 3 is 2.20 bits per heavy atom. The van der Waals surface area contributed by atoms with E-state index >= 15 is 0 Å². The van der Waals surface area contributed by atoms with Crippen LogP contribution < -0.4 is 11.5 Å². The number of nitrogens with zero attached hydrogens (tertiary/aromatic N) is 2. The first-order chi connectivity index (χ1) is 21.7. The van der Waals surface area contributed by atoms with Gasteiger partial charge in [0.2, 0.25) is 11.8 Å². The highest BCUT2D eigenvalue weighted by Crippen LogP contribution is 2.29. The van der Waals surface area contributed by atoms with Gasteiger partial charge in [-0.1, -0.05) is 60.7 Å². The van der Waals surface area contributed by atoms with Gasteiger partial charge in [-0.25, -0.2) is 4.39 Å². The lowest BCUT2D eigenvalue weighted by molar-refractivity contribution is -0.146. The number of carbonyl (C=O) groups excluding carboxylic acids is 3. The van der Waals surface area contributed by atoms with Crippen LogP contribution in [0.4, 0.5) is 4.39 Å². The lowest BCUT2D eigenvalue weighted by Gasteiger charge is -2.40. The second kappa shape index (κ2) is 14.7. The molecule has 1 fully saturated rings. The van der Waals surface area contributed by atoms with Crippen LogP contribution in [0.5, 0.6) is 0 Å². The van der Waals surface area contributed by atoms with Crippen molar-refractivity contribution in [2.45, 2.75) is 76.1 Å². The van der Waals surface area contributed by atoms with Crippen molar-refractivity contribution in [2.75, 3.05) is 20.1 Å². The van der Waals surface area contributed by atoms with Gasteiger partial charge in [-0.2, -0.15) is 0 Å². The highest BCUT2D eigenvalue weighted by atomic mass is 19.1. The van der Waals surface area contributed by atoms with Gasteiger partial charge in [-0.15, -0.1) is 0 Å². The van der Waals surface area contributed by atoms with Crippen molar-refractivity contribution in [3.63, 3.8) is 0 Å². The number of carbonyl (C=O) groups is 3. The maximum atomic E-state index is 14.7. The van der Waals surface area contributed by atoms with Crippen molar-refractivity contribution in [3.05, 3.63) is 95.8 Å². The number of Topliss-reactive ketones (excluding diaryl/α,β-unsaturated/α-hetero) is 1. The van der Waals surface area contributed by atoms with Gasteiger partial charge in [-0.3, -0.25) is 14.4 Å². The molecule has 2 amide bonds. The Morgan fingerprint density at radius 1 is 0.957 bits per heavy atom. The number of aliphatic hydroxyl groups excluding tert-OH is 1. The van der Waals surface area contributed by atoms with Gasteiger partial charge in [0.15, 0.2) is 5.78 Å². The molecule has 1 saturated heterocycles. The fourth-order valence-corrected chi connectivity index (χ4v) is 5.98. The molecule has 5 N–H and O–H groups in total. The molecule has 0 aromatic heterocycles. The molecule has 3 aromatic carbocycles. The van der Waals surface area contributed by atoms with E-state index in [1.807, 2.05) is 56.3 Å². The predicted molar refractivity (Wildman–Crippen MR) is 179 cm³/mol. The summed E-state index contributed by atoms with van der Waals surface area (Å²) in [5.41, 5.74) is 12.3. The number of hydrogen-bond donors (Lipinski definition) is 3. The van der Waals surface area contributed by atoms with Crippen molar-refractivity contribution in [1.82, 2.24) is 9.80 Å². The highest BCUT2D eigenvalue weighted by molar-refractivity contribution is 6.01.